The van der Waals surface area contributed by atoms with E-state index in [4.69, 9.17) is 0 Å². The number of allylic oxidation sites excluding steroid dienone is 1. The van der Waals surface area contributed by atoms with Crippen LogP contribution in [0.2, 0.25) is 0 Å². The Morgan fingerprint density at radius 2 is 1.43 bits per heavy atom. The van der Waals surface area contributed by atoms with Crippen molar-refractivity contribution in [3.8, 4) is 0 Å². The van der Waals surface area contributed by atoms with Crippen molar-refractivity contribution in [1.82, 2.24) is 0 Å². The van der Waals surface area contributed by atoms with E-state index in [2.05, 4.69) is 30.3 Å². The van der Waals surface area contributed by atoms with Crippen molar-refractivity contribution in [2.24, 2.45) is 5.92 Å². The maximum Gasteiger partial charge on any atom is 0.127 e. The highest BCUT2D eigenvalue weighted by atomic mass is 16.1. The minimum absolute atomic E-state index is 0.129. The summed E-state index contributed by atoms with van der Waals surface area (Å²) >= 11 is 0. The van der Waals surface area contributed by atoms with Gasteiger partial charge in [0.1, 0.15) is 6.29 Å². The molecule has 1 heteroatoms. The molecule has 2 rings (SSSR count). The third-order valence-corrected chi connectivity index (χ3v) is 4.52. The molecule has 1 aromatic carbocycles. The monoisotopic (exact) mass is 284 g/mol. The van der Waals surface area contributed by atoms with Crippen LogP contribution in [0, 0.1) is 5.92 Å². The Morgan fingerprint density at radius 3 is 2.10 bits per heavy atom. The molecule has 1 atom stereocenters. The molecule has 114 valence electrons. The standard InChI is InChI=1S/C20H28O/c21-17-20-15-11-6-4-2-1-3-5-10-14-19(20)16-18-12-8-7-9-13-18/h7-9,12-13,16-17,20H,1-6,10-11,14-15H2. The normalized spacial score (nSPS) is 24.0. The fourth-order valence-electron chi connectivity index (χ4n) is 3.22. The van der Waals surface area contributed by atoms with Gasteiger partial charge in [0.2, 0.25) is 0 Å². The molecule has 0 radical (unpaired) electrons. The Hall–Kier alpha value is -1.37. The van der Waals surface area contributed by atoms with Gasteiger partial charge in [-0.3, -0.25) is 0 Å². The number of carbonyl (C=O) groups excluding carboxylic acids is 1. The summed E-state index contributed by atoms with van der Waals surface area (Å²) in [7, 11) is 0. The van der Waals surface area contributed by atoms with Crippen LogP contribution < -0.4 is 0 Å². The molecular formula is C20H28O. The van der Waals surface area contributed by atoms with Gasteiger partial charge >= 0.3 is 0 Å². The van der Waals surface area contributed by atoms with E-state index in [-0.39, 0.29) is 5.92 Å². The molecule has 0 aliphatic heterocycles. The lowest BCUT2D eigenvalue weighted by Gasteiger charge is -2.16. The van der Waals surface area contributed by atoms with Gasteiger partial charge in [-0.05, 0) is 24.8 Å². The average molecular weight is 284 g/mol. The van der Waals surface area contributed by atoms with Crippen LogP contribution in [0.4, 0.5) is 0 Å². The van der Waals surface area contributed by atoms with E-state index < -0.39 is 0 Å². The summed E-state index contributed by atoms with van der Waals surface area (Å²) < 4.78 is 0. The van der Waals surface area contributed by atoms with Crippen molar-refractivity contribution in [1.29, 1.82) is 0 Å². The highest BCUT2D eigenvalue weighted by Gasteiger charge is 2.14. The second-order valence-corrected chi connectivity index (χ2v) is 6.24. The van der Waals surface area contributed by atoms with Gasteiger partial charge in [0.25, 0.3) is 0 Å². The quantitative estimate of drug-likeness (QED) is 0.627. The summed E-state index contributed by atoms with van der Waals surface area (Å²) in [6, 6.07) is 10.4. The van der Waals surface area contributed by atoms with E-state index >= 15 is 0 Å². The van der Waals surface area contributed by atoms with E-state index in [1.54, 1.807) is 0 Å². The molecule has 0 saturated heterocycles. The maximum absolute atomic E-state index is 11.5. The first-order chi connectivity index (χ1) is 10.4. The molecule has 0 amide bonds. The first kappa shape index (κ1) is 16.0. The van der Waals surface area contributed by atoms with Crippen LogP contribution in [0.15, 0.2) is 35.9 Å². The van der Waals surface area contributed by atoms with Crippen molar-refractivity contribution in [3.05, 3.63) is 41.5 Å². The summed E-state index contributed by atoms with van der Waals surface area (Å²) in [5.41, 5.74) is 2.57. The summed E-state index contributed by atoms with van der Waals surface area (Å²) in [6.45, 7) is 0. The number of benzene rings is 1. The zero-order chi connectivity index (χ0) is 14.8. The highest BCUT2D eigenvalue weighted by molar-refractivity contribution is 5.65. The number of carbonyl (C=O) groups is 1. The molecule has 1 aliphatic carbocycles. The highest BCUT2D eigenvalue weighted by Crippen LogP contribution is 2.26. The Morgan fingerprint density at radius 1 is 0.810 bits per heavy atom. The summed E-state index contributed by atoms with van der Waals surface area (Å²) in [6.07, 6.45) is 16.0. The predicted molar refractivity (Wildman–Crippen MR) is 90.1 cm³/mol. The molecule has 0 N–H and O–H groups in total. The number of hydrogen-bond donors (Lipinski definition) is 0. The Labute approximate surface area is 129 Å². The van der Waals surface area contributed by atoms with E-state index in [1.165, 1.54) is 68.8 Å². The van der Waals surface area contributed by atoms with Gasteiger partial charge < -0.3 is 4.79 Å². The third-order valence-electron chi connectivity index (χ3n) is 4.52. The van der Waals surface area contributed by atoms with Gasteiger partial charge in [0.15, 0.2) is 0 Å². The van der Waals surface area contributed by atoms with Gasteiger partial charge in [0.05, 0.1) is 0 Å². The molecule has 1 fully saturated rings. The van der Waals surface area contributed by atoms with Gasteiger partial charge in [-0.2, -0.15) is 0 Å². The molecule has 1 saturated carbocycles. The zero-order valence-electron chi connectivity index (χ0n) is 13.1. The van der Waals surface area contributed by atoms with Crippen LogP contribution in [0.5, 0.6) is 0 Å². The van der Waals surface area contributed by atoms with Crippen molar-refractivity contribution in [2.75, 3.05) is 0 Å². The lowest BCUT2D eigenvalue weighted by atomic mass is 9.88. The summed E-state index contributed by atoms with van der Waals surface area (Å²) in [5.74, 6) is 0.129. The van der Waals surface area contributed by atoms with Crippen LogP contribution in [0.25, 0.3) is 6.08 Å². The lowest BCUT2D eigenvalue weighted by Crippen LogP contribution is -2.07. The lowest BCUT2D eigenvalue weighted by molar-refractivity contribution is -0.110. The smallest absolute Gasteiger partial charge is 0.127 e. The topological polar surface area (TPSA) is 17.1 Å². The van der Waals surface area contributed by atoms with Crippen LogP contribution >= 0.6 is 0 Å². The number of aldehydes is 1. The van der Waals surface area contributed by atoms with Gasteiger partial charge in [-0.1, -0.05) is 86.9 Å². The molecule has 1 aromatic rings. The molecular weight excluding hydrogens is 256 g/mol. The molecule has 21 heavy (non-hydrogen) atoms. The van der Waals surface area contributed by atoms with Crippen molar-refractivity contribution >= 4 is 12.4 Å². The zero-order valence-corrected chi connectivity index (χ0v) is 13.1. The molecule has 0 aromatic heterocycles. The predicted octanol–water partition coefficient (Wildman–Crippen LogP) is 5.80. The SMILES string of the molecule is O=CC1CCCCCCCCCCC1=Cc1ccccc1. The number of hydrogen-bond acceptors (Lipinski definition) is 1. The van der Waals surface area contributed by atoms with Gasteiger partial charge in [-0.25, -0.2) is 0 Å². The third kappa shape index (κ3) is 5.87. The van der Waals surface area contributed by atoms with Crippen LogP contribution in [-0.2, 0) is 4.79 Å². The fraction of sp³-hybridized carbons (Fsp3) is 0.550. The Bertz CT molecular complexity index is 432. The average Bonchev–Trinajstić information content (AvgIpc) is 2.51. The second-order valence-electron chi connectivity index (χ2n) is 6.24. The minimum Gasteiger partial charge on any atom is -0.303 e. The van der Waals surface area contributed by atoms with E-state index in [1.807, 2.05) is 6.07 Å². The summed E-state index contributed by atoms with van der Waals surface area (Å²) in [4.78, 5) is 11.5. The molecule has 1 unspecified atom stereocenters. The van der Waals surface area contributed by atoms with E-state index in [0.717, 1.165) is 12.8 Å². The van der Waals surface area contributed by atoms with Gasteiger partial charge in [0, 0.05) is 5.92 Å². The minimum atomic E-state index is 0.129. The first-order valence-electron chi connectivity index (χ1n) is 8.61. The summed E-state index contributed by atoms with van der Waals surface area (Å²) in [5, 5.41) is 0. The second kappa shape index (κ2) is 9.55. The molecule has 0 heterocycles. The Kier molecular flexibility index (Phi) is 7.28. The first-order valence-corrected chi connectivity index (χ1v) is 8.61. The van der Waals surface area contributed by atoms with Crippen LogP contribution in [-0.4, -0.2) is 6.29 Å². The van der Waals surface area contributed by atoms with Gasteiger partial charge in [-0.15, -0.1) is 0 Å². The van der Waals surface area contributed by atoms with Crippen LogP contribution in [0.3, 0.4) is 0 Å². The van der Waals surface area contributed by atoms with Crippen molar-refractivity contribution in [2.45, 2.75) is 64.2 Å². The number of rotatable bonds is 2. The maximum atomic E-state index is 11.5. The van der Waals surface area contributed by atoms with Crippen molar-refractivity contribution < 1.29 is 4.79 Å². The molecule has 0 bridgehead atoms. The Balaban J connectivity index is 2.10. The largest absolute Gasteiger partial charge is 0.303 e. The molecule has 1 nitrogen and oxygen atoms in total. The van der Waals surface area contributed by atoms with E-state index in [9.17, 15) is 4.79 Å². The fourth-order valence-corrected chi connectivity index (χ4v) is 3.22. The van der Waals surface area contributed by atoms with Crippen molar-refractivity contribution in [3.63, 3.8) is 0 Å². The molecule has 1 aliphatic rings. The van der Waals surface area contributed by atoms with Crippen LogP contribution in [0.1, 0.15) is 69.8 Å². The van der Waals surface area contributed by atoms with E-state index in [0.29, 0.717) is 0 Å². The molecule has 0 spiro atoms.